The van der Waals surface area contributed by atoms with Gasteiger partial charge in [-0.15, -0.1) is 0 Å². The molecule has 0 aliphatic rings. The summed E-state index contributed by atoms with van der Waals surface area (Å²) >= 11 is 6.13. The predicted molar refractivity (Wildman–Crippen MR) is 109 cm³/mol. The Morgan fingerprint density at radius 1 is 1.00 bits per heavy atom. The van der Waals surface area contributed by atoms with Gasteiger partial charge in [0, 0.05) is 17.1 Å². The summed E-state index contributed by atoms with van der Waals surface area (Å²) in [6.07, 6.45) is 0. The number of hydrogen-bond donors (Lipinski definition) is 1. The van der Waals surface area contributed by atoms with E-state index in [4.69, 9.17) is 16.0 Å². The van der Waals surface area contributed by atoms with E-state index in [1.54, 1.807) is 24.3 Å². The molecular formula is C22H17ClN2O3. The Morgan fingerprint density at radius 3 is 2.54 bits per heavy atom. The van der Waals surface area contributed by atoms with E-state index in [0.29, 0.717) is 34.8 Å². The highest BCUT2D eigenvalue weighted by molar-refractivity contribution is 6.31. The smallest absolute Gasteiger partial charge is 0.408 e. The fourth-order valence-corrected chi connectivity index (χ4v) is 3.24. The SMILES string of the molecule is O=C(NCc1ccccc1Cl)c1ccc2oc(=O)n(Cc3ccccc3)c2c1. The number of nitrogens with zero attached hydrogens (tertiary/aromatic N) is 1. The molecule has 140 valence electrons. The highest BCUT2D eigenvalue weighted by atomic mass is 35.5. The van der Waals surface area contributed by atoms with Crippen LogP contribution in [-0.2, 0) is 13.1 Å². The molecule has 4 rings (SSSR count). The van der Waals surface area contributed by atoms with Gasteiger partial charge < -0.3 is 9.73 Å². The third-order valence-electron chi connectivity index (χ3n) is 4.51. The molecule has 1 N–H and O–H groups in total. The summed E-state index contributed by atoms with van der Waals surface area (Å²) in [5.41, 5.74) is 3.29. The average molecular weight is 393 g/mol. The zero-order chi connectivity index (χ0) is 19.5. The van der Waals surface area contributed by atoms with Crippen molar-refractivity contribution in [1.29, 1.82) is 0 Å². The first kappa shape index (κ1) is 18.1. The van der Waals surface area contributed by atoms with Crippen molar-refractivity contribution in [2.75, 3.05) is 0 Å². The summed E-state index contributed by atoms with van der Waals surface area (Å²) < 4.78 is 6.83. The standard InChI is InChI=1S/C22H17ClN2O3/c23-18-9-5-4-8-17(18)13-24-21(26)16-10-11-20-19(12-16)25(22(27)28-20)14-15-6-2-1-3-7-15/h1-12H,13-14H2,(H,24,26). The lowest BCUT2D eigenvalue weighted by atomic mass is 10.1. The number of nitrogens with one attached hydrogen (secondary N) is 1. The lowest BCUT2D eigenvalue weighted by molar-refractivity contribution is 0.0951. The maximum Gasteiger partial charge on any atom is 0.420 e. The van der Waals surface area contributed by atoms with Gasteiger partial charge in [0.05, 0.1) is 12.1 Å². The van der Waals surface area contributed by atoms with Crippen LogP contribution in [0.5, 0.6) is 0 Å². The van der Waals surface area contributed by atoms with Gasteiger partial charge in [-0.05, 0) is 35.4 Å². The first-order valence-corrected chi connectivity index (χ1v) is 9.18. The molecule has 0 saturated carbocycles. The number of carbonyl (C=O) groups is 1. The van der Waals surface area contributed by atoms with Crippen molar-refractivity contribution >= 4 is 28.6 Å². The van der Waals surface area contributed by atoms with Crippen molar-refractivity contribution in [2.24, 2.45) is 0 Å². The van der Waals surface area contributed by atoms with Crippen molar-refractivity contribution < 1.29 is 9.21 Å². The van der Waals surface area contributed by atoms with Crippen LogP contribution in [0.2, 0.25) is 5.02 Å². The summed E-state index contributed by atoms with van der Waals surface area (Å²) in [7, 11) is 0. The Bertz CT molecular complexity index is 1200. The van der Waals surface area contributed by atoms with Crippen molar-refractivity contribution in [3.8, 4) is 0 Å². The van der Waals surface area contributed by atoms with Crippen molar-refractivity contribution in [3.63, 3.8) is 0 Å². The van der Waals surface area contributed by atoms with Gasteiger partial charge in [-0.25, -0.2) is 4.79 Å². The molecule has 1 amide bonds. The van der Waals surface area contributed by atoms with Crippen molar-refractivity contribution in [2.45, 2.75) is 13.1 Å². The zero-order valence-corrected chi connectivity index (χ0v) is 15.6. The number of amides is 1. The van der Waals surface area contributed by atoms with E-state index < -0.39 is 5.76 Å². The van der Waals surface area contributed by atoms with Gasteiger partial charge in [0.2, 0.25) is 0 Å². The molecule has 0 unspecified atom stereocenters. The van der Waals surface area contributed by atoms with Crippen molar-refractivity contribution in [3.05, 3.63) is 105 Å². The third-order valence-corrected chi connectivity index (χ3v) is 4.88. The second-order valence-corrected chi connectivity index (χ2v) is 6.80. The minimum atomic E-state index is -0.451. The number of aromatic nitrogens is 1. The Labute approximate surface area is 166 Å². The molecule has 3 aromatic carbocycles. The Balaban J connectivity index is 1.60. The fourth-order valence-electron chi connectivity index (χ4n) is 3.04. The quantitative estimate of drug-likeness (QED) is 0.553. The van der Waals surface area contributed by atoms with Crippen LogP contribution in [0.25, 0.3) is 11.1 Å². The lowest BCUT2D eigenvalue weighted by Crippen LogP contribution is -2.23. The van der Waals surface area contributed by atoms with Crippen LogP contribution in [0.4, 0.5) is 0 Å². The minimum absolute atomic E-state index is 0.248. The highest BCUT2D eigenvalue weighted by Gasteiger charge is 2.14. The molecule has 0 spiro atoms. The molecule has 0 atom stereocenters. The summed E-state index contributed by atoms with van der Waals surface area (Å²) in [5.74, 6) is -0.700. The number of hydrogen-bond acceptors (Lipinski definition) is 3. The van der Waals surface area contributed by atoms with Crippen LogP contribution in [0, 0.1) is 0 Å². The maximum absolute atomic E-state index is 12.6. The molecule has 0 bridgehead atoms. The molecule has 0 fully saturated rings. The largest absolute Gasteiger partial charge is 0.420 e. The topological polar surface area (TPSA) is 64.2 Å². The number of benzene rings is 3. The van der Waals surface area contributed by atoms with Crippen LogP contribution >= 0.6 is 11.6 Å². The van der Waals surface area contributed by atoms with Gasteiger partial charge in [-0.1, -0.05) is 60.1 Å². The van der Waals surface area contributed by atoms with E-state index in [-0.39, 0.29) is 5.91 Å². The summed E-state index contributed by atoms with van der Waals surface area (Å²) in [4.78, 5) is 24.8. The summed E-state index contributed by atoms with van der Waals surface area (Å²) in [6, 6.07) is 21.9. The number of oxazole rings is 1. The number of halogens is 1. The first-order valence-electron chi connectivity index (χ1n) is 8.81. The van der Waals surface area contributed by atoms with E-state index in [9.17, 15) is 9.59 Å². The number of rotatable bonds is 5. The maximum atomic E-state index is 12.6. The van der Waals surface area contributed by atoms with E-state index in [2.05, 4.69) is 5.32 Å². The van der Waals surface area contributed by atoms with Gasteiger partial charge in [0.25, 0.3) is 5.91 Å². The van der Waals surface area contributed by atoms with Crippen LogP contribution in [0.15, 0.2) is 82.0 Å². The molecule has 0 radical (unpaired) electrons. The van der Waals surface area contributed by atoms with E-state index >= 15 is 0 Å². The Kier molecular flexibility index (Phi) is 5.00. The Morgan fingerprint density at radius 2 is 1.75 bits per heavy atom. The molecule has 28 heavy (non-hydrogen) atoms. The van der Waals surface area contributed by atoms with E-state index in [1.165, 1.54) is 4.57 Å². The van der Waals surface area contributed by atoms with Gasteiger partial charge in [0.15, 0.2) is 5.58 Å². The zero-order valence-electron chi connectivity index (χ0n) is 14.9. The lowest BCUT2D eigenvalue weighted by Gasteiger charge is -2.08. The molecular weight excluding hydrogens is 376 g/mol. The first-order chi connectivity index (χ1) is 13.6. The molecule has 0 aliphatic carbocycles. The monoisotopic (exact) mass is 392 g/mol. The molecule has 1 aromatic heterocycles. The van der Waals surface area contributed by atoms with Gasteiger partial charge >= 0.3 is 5.76 Å². The number of fused-ring (bicyclic) bond motifs is 1. The fraction of sp³-hybridized carbons (Fsp3) is 0.0909. The van der Waals surface area contributed by atoms with Crippen LogP contribution in [0.1, 0.15) is 21.5 Å². The number of carbonyl (C=O) groups excluding carboxylic acids is 1. The van der Waals surface area contributed by atoms with Gasteiger partial charge in [0.1, 0.15) is 0 Å². The van der Waals surface area contributed by atoms with Gasteiger partial charge in [-0.2, -0.15) is 0 Å². The molecule has 0 aliphatic heterocycles. The average Bonchev–Trinajstić information content (AvgIpc) is 3.02. The molecule has 6 heteroatoms. The molecule has 1 heterocycles. The van der Waals surface area contributed by atoms with Crippen LogP contribution in [0.3, 0.4) is 0 Å². The molecule has 0 saturated heterocycles. The summed E-state index contributed by atoms with van der Waals surface area (Å²) in [5, 5.41) is 3.46. The van der Waals surface area contributed by atoms with E-state index in [1.807, 2.05) is 48.5 Å². The third kappa shape index (κ3) is 3.70. The van der Waals surface area contributed by atoms with Gasteiger partial charge in [-0.3, -0.25) is 9.36 Å². The highest BCUT2D eigenvalue weighted by Crippen LogP contribution is 2.18. The predicted octanol–water partition coefficient (Wildman–Crippen LogP) is 4.23. The van der Waals surface area contributed by atoms with Crippen LogP contribution < -0.4 is 11.1 Å². The molecule has 5 nitrogen and oxygen atoms in total. The summed E-state index contributed by atoms with van der Waals surface area (Å²) in [6.45, 7) is 0.691. The second-order valence-electron chi connectivity index (χ2n) is 6.40. The Hall–Kier alpha value is -3.31. The normalized spacial score (nSPS) is 10.9. The molecule has 4 aromatic rings. The van der Waals surface area contributed by atoms with E-state index in [0.717, 1.165) is 11.1 Å². The second kappa shape index (κ2) is 7.74. The van der Waals surface area contributed by atoms with Crippen LogP contribution in [-0.4, -0.2) is 10.5 Å². The minimum Gasteiger partial charge on any atom is -0.408 e. The van der Waals surface area contributed by atoms with Crippen molar-refractivity contribution in [1.82, 2.24) is 9.88 Å².